The lowest BCUT2D eigenvalue weighted by Gasteiger charge is -2.04. The molecule has 2 aromatic rings. The monoisotopic (exact) mass is 287 g/mol. The molecule has 8 heteroatoms. The first-order chi connectivity index (χ1) is 9.27. The van der Waals surface area contributed by atoms with Gasteiger partial charge in [-0.2, -0.15) is 18.3 Å². The first-order valence-corrected chi connectivity index (χ1v) is 5.45. The Hall–Kier alpha value is -2.38. The van der Waals surface area contributed by atoms with Gasteiger partial charge in [0.15, 0.2) is 5.69 Å². The van der Waals surface area contributed by atoms with E-state index in [2.05, 4.69) is 10.4 Å². The molecule has 20 heavy (non-hydrogen) atoms. The molecule has 1 aromatic heterocycles. The highest BCUT2D eigenvalue weighted by Crippen LogP contribution is 2.29. The van der Waals surface area contributed by atoms with Crippen LogP contribution in [0.5, 0.6) is 0 Å². The highest BCUT2D eigenvalue weighted by atomic mass is 19.4. The van der Waals surface area contributed by atoms with Gasteiger partial charge in [0.1, 0.15) is 11.5 Å². The number of carbonyl (C=O) groups is 1. The van der Waals surface area contributed by atoms with E-state index in [1.54, 1.807) is 0 Å². The second kappa shape index (κ2) is 4.95. The number of halogens is 4. The van der Waals surface area contributed by atoms with Crippen molar-refractivity contribution in [2.24, 2.45) is 7.05 Å². The topological polar surface area (TPSA) is 46.9 Å². The molecule has 0 spiro atoms. The van der Waals surface area contributed by atoms with E-state index in [1.165, 1.54) is 12.1 Å². The Morgan fingerprint density at radius 2 is 1.85 bits per heavy atom. The molecule has 0 bridgehead atoms. The van der Waals surface area contributed by atoms with Crippen molar-refractivity contribution < 1.29 is 22.4 Å². The summed E-state index contributed by atoms with van der Waals surface area (Å²) in [5.74, 6) is -1.29. The molecule has 1 aromatic carbocycles. The molecule has 0 saturated heterocycles. The van der Waals surface area contributed by atoms with Crippen LogP contribution in [0.1, 0.15) is 16.2 Å². The smallest absolute Gasteiger partial charge is 0.321 e. The second-order valence-corrected chi connectivity index (χ2v) is 4.00. The molecule has 2 rings (SSSR count). The molecule has 0 saturated carbocycles. The van der Waals surface area contributed by atoms with E-state index in [1.807, 2.05) is 0 Å². The Bertz CT molecular complexity index is 631. The van der Waals surface area contributed by atoms with Gasteiger partial charge in [-0.15, -0.1) is 0 Å². The normalized spacial score (nSPS) is 11.4. The number of aryl methyl sites for hydroxylation is 1. The van der Waals surface area contributed by atoms with Crippen molar-refractivity contribution in [3.05, 3.63) is 47.5 Å². The second-order valence-electron chi connectivity index (χ2n) is 4.00. The summed E-state index contributed by atoms with van der Waals surface area (Å²) in [5, 5.41) is 5.83. The SMILES string of the molecule is Cn1nc(C(=O)Nc2ccc(F)cc2)cc1C(F)(F)F. The van der Waals surface area contributed by atoms with E-state index in [0.29, 0.717) is 10.7 Å². The number of benzene rings is 1. The lowest BCUT2D eigenvalue weighted by atomic mass is 10.3. The molecule has 1 heterocycles. The molecule has 0 aliphatic rings. The van der Waals surface area contributed by atoms with E-state index in [0.717, 1.165) is 19.2 Å². The molecular formula is C12H9F4N3O. The van der Waals surface area contributed by atoms with Gasteiger partial charge in [-0.3, -0.25) is 9.48 Å². The summed E-state index contributed by atoms with van der Waals surface area (Å²) in [7, 11) is 1.09. The van der Waals surface area contributed by atoms with Gasteiger partial charge in [-0.25, -0.2) is 4.39 Å². The predicted octanol–water partition coefficient (Wildman–Crippen LogP) is 2.83. The van der Waals surface area contributed by atoms with Gasteiger partial charge < -0.3 is 5.32 Å². The molecule has 1 amide bonds. The van der Waals surface area contributed by atoms with Crippen LogP contribution in [0.15, 0.2) is 30.3 Å². The largest absolute Gasteiger partial charge is 0.433 e. The average Bonchev–Trinajstić information content (AvgIpc) is 2.74. The number of anilines is 1. The Balaban J connectivity index is 2.20. The fourth-order valence-corrected chi connectivity index (χ4v) is 1.57. The van der Waals surface area contributed by atoms with Crippen molar-refractivity contribution in [2.75, 3.05) is 5.32 Å². The van der Waals surface area contributed by atoms with Crippen LogP contribution >= 0.6 is 0 Å². The van der Waals surface area contributed by atoms with Crippen LogP contribution in [0, 0.1) is 5.82 Å². The first-order valence-electron chi connectivity index (χ1n) is 5.45. The first kappa shape index (κ1) is 14.0. The molecule has 4 nitrogen and oxygen atoms in total. The summed E-state index contributed by atoms with van der Waals surface area (Å²) in [5.41, 5.74) is -1.14. The number of alkyl halides is 3. The van der Waals surface area contributed by atoms with Crippen molar-refractivity contribution in [1.29, 1.82) is 0 Å². The van der Waals surface area contributed by atoms with Crippen molar-refractivity contribution in [2.45, 2.75) is 6.18 Å². The van der Waals surface area contributed by atoms with Gasteiger partial charge >= 0.3 is 6.18 Å². The zero-order valence-corrected chi connectivity index (χ0v) is 10.2. The van der Waals surface area contributed by atoms with Crippen LogP contribution < -0.4 is 5.32 Å². The average molecular weight is 287 g/mol. The number of rotatable bonds is 2. The summed E-state index contributed by atoms with van der Waals surface area (Å²) in [6.45, 7) is 0. The molecule has 0 radical (unpaired) electrons. The maximum atomic E-state index is 12.7. The maximum Gasteiger partial charge on any atom is 0.433 e. The number of aromatic nitrogens is 2. The van der Waals surface area contributed by atoms with Gasteiger partial charge in [-0.05, 0) is 24.3 Å². The Labute approximate surface area is 111 Å². The Morgan fingerprint density at radius 1 is 1.25 bits per heavy atom. The highest BCUT2D eigenvalue weighted by molar-refractivity contribution is 6.02. The third-order valence-corrected chi connectivity index (χ3v) is 2.50. The van der Waals surface area contributed by atoms with Crippen LogP contribution in [0.2, 0.25) is 0 Å². The van der Waals surface area contributed by atoms with E-state index in [4.69, 9.17) is 0 Å². The maximum absolute atomic E-state index is 12.7. The Morgan fingerprint density at radius 3 is 2.35 bits per heavy atom. The third-order valence-electron chi connectivity index (χ3n) is 2.50. The number of hydrogen-bond acceptors (Lipinski definition) is 2. The van der Waals surface area contributed by atoms with E-state index >= 15 is 0 Å². The van der Waals surface area contributed by atoms with Crippen molar-refractivity contribution in [1.82, 2.24) is 9.78 Å². The number of hydrogen-bond donors (Lipinski definition) is 1. The molecule has 0 atom stereocenters. The van der Waals surface area contributed by atoms with Gasteiger partial charge in [-0.1, -0.05) is 0 Å². The summed E-state index contributed by atoms with van der Waals surface area (Å²) in [6, 6.07) is 5.48. The van der Waals surface area contributed by atoms with Crippen LogP contribution in [-0.2, 0) is 13.2 Å². The minimum atomic E-state index is -4.59. The molecule has 0 aliphatic carbocycles. The van der Waals surface area contributed by atoms with Gasteiger partial charge in [0.2, 0.25) is 0 Å². The summed E-state index contributed by atoms with van der Waals surface area (Å²) >= 11 is 0. The molecular weight excluding hydrogens is 278 g/mol. The standard InChI is InChI=1S/C12H9F4N3O/c1-19-10(12(14,15)16)6-9(18-19)11(20)17-8-4-2-7(13)3-5-8/h2-6H,1H3,(H,17,20). The highest BCUT2D eigenvalue weighted by Gasteiger charge is 2.35. The molecule has 0 fully saturated rings. The molecule has 1 N–H and O–H groups in total. The number of carbonyl (C=O) groups excluding carboxylic acids is 1. The summed E-state index contributed by atoms with van der Waals surface area (Å²) < 4.78 is 51.0. The summed E-state index contributed by atoms with van der Waals surface area (Å²) in [6.07, 6.45) is -4.59. The van der Waals surface area contributed by atoms with E-state index in [9.17, 15) is 22.4 Å². The molecule has 0 aliphatic heterocycles. The lowest BCUT2D eigenvalue weighted by molar-refractivity contribution is -0.143. The van der Waals surface area contributed by atoms with Gasteiger partial charge in [0.05, 0.1) is 0 Å². The van der Waals surface area contributed by atoms with Crippen LogP contribution in [-0.4, -0.2) is 15.7 Å². The number of nitrogens with one attached hydrogen (secondary N) is 1. The van der Waals surface area contributed by atoms with Gasteiger partial charge in [0, 0.05) is 18.8 Å². The lowest BCUT2D eigenvalue weighted by Crippen LogP contribution is -2.13. The minimum absolute atomic E-state index is 0.260. The fourth-order valence-electron chi connectivity index (χ4n) is 1.57. The van der Waals surface area contributed by atoms with Crippen molar-refractivity contribution in [3.63, 3.8) is 0 Å². The van der Waals surface area contributed by atoms with Crippen LogP contribution in [0.4, 0.5) is 23.2 Å². The van der Waals surface area contributed by atoms with Crippen LogP contribution in [0.25, 0.3) is 0 Å². The zero-order valence-electron chi connectivity index (χ0n) is 10.2. The quantitative estimate of drug-likeness (QED) is 0.863. The van der Waals surface area contributed by atoms with Crippen molar-refractivity contribution in [3.8, 4) is 0 Å². The molecule has 106 valence electrons. The van der Waals surface area contributed by atoms with E-state index in [-0.39, 0.29) is 11.4 Å². The summed E-state index contributed by atoms with van der Waals surface area (Å²) in [4.78, 5) is 11.7. The predicted molar refractivity (Wildman–Crippen MR) is 62.6 cm³/mol. The van der Waals surface area contributed by atoms with E-state index < -0.39 is 23.6 Å². The minimum Gasteiger partial charge on any atom is -0.321 e. The number of amides is 1. The van der Waals surface area contributed by atoms with Gasteiger partial charge in [0.25, 0.3) is 5.91 Å². The molecule has 0 unspecified atom stereocenters. The fraction of sp³-hybridized carbons (Fsp3) is 0.167. The van der Waals surface area contributed by atoms with Crippen molar-refractivity contribution >= 4 is 11.6 Å². The van der Waals surface area contributed by atoms with Crippen LogP contribution in [0.3, 0.4) is 0 Å². The Kier molecular flexibility index (Phi) is 3.47. The zero-order chi connectivity index (χ0) is 14.9. The number of nitrogens with zero attached hydrogens (tertiary/aromatic N) is 2. The third kappa shape index (κ3) is 2.95.